The van der Waals surface area contributed by atoms with Crippen LogP contribution in [0.1, 0.15) is 50.2 Å². The summed E-state index contributed by atoms with van der Waals surface area (Å²) in [5.41, 5.74) is 2.70. The third-order valence-corrected chi connectivity index (χ3v) is 15.6. The molecular formula is C60H63BrCl2F3N5O7. The van der Waals surface area contributed by atoms with E-state index in [0.717, 1.165) is 113 Å². The molecule has 12 rings (SSSR count). The molecule has 4 saturated heterocycles. The fourth-order valence-corrected chi connectivity index (χ4v) is 10.6. The summed E-state index contributed by atoms with van der Waals surface area (Å²) in [5.74, 6) is -2.08. The minimum Gasteiger partial charge on any atom is -0.489 e. The number of carbonyl (C=O) groups is 3. The molecule has 4 heterocycles. The first-order valence-corrected chi connectivity index (χ1v) is 27.4. The van der Waals surface area contributed by atoms with Crippen LogP contribution in [0.15, 0.2) is 132 Å². The van der Waals surface area contributed by atoms with Crippen molar-refractivity contribution in [1.29, 1.82) is 0 Å². The van der Waals surface area contributed by atoms with Crippen LogP contribution in [0, 0.1) is 35.2 Å². The molecule has 1 amide bonds. The van der Waals surface area contributed by atoms with Crippen LogP contribution in [0.25, 0.3) is 32.3 Å². The van der Waals surface area contributed by atoms with Crippen LogP contribution in [0.5, 0.6) is 5.75 Å². The second-order valence-electron chi connectivity index (χ2n) is 20.4. The normalized spacial score (nSPS) is 19.5. The SMILES string of the molecule is Cl.Fc1ccc2cc(Br)ccc2c1.O=C(N[C@H](CN1CCC1)[C@H](O)c1ccc(OC2CC2)c(Cl)c1)[C@@H]1CCN(c2ccc3cc(F)ccc3c2)C1.O=C(O)[C@@H]1CCN(c2ccc3cc(F)ccc3c2)C1.O=C(O)[C@@H]1CCNC1. The van der Waals surface area contributed by atoms with Gasteiger partial charge in [0.05, 0.1) is 34.9 Å². The molecule has 1 aliphatic carbocycles. The number of likely N-dealkylation sites (tertiary alicyclic amines) is 1. The highest BCUT2D eigenvalue weighted by Gasteiger charge is 2.34. The lowest BCUT2D eigenvalue weighted by molar-refractivity contribution is -0.141. The summed E-state index contributed by atoms with van der Waals surface area (Å²) in [6.07, 6.45) is 4.78. The number of fused-ring (bicyclic) bond motifs is 3. The molecule has 0 bridgehead atoms. The molecule has 0 unspecified atom stereocenters. The van der Waals surface area contributed by atoms with Gasteiger partial charge in [-0.05, 0) is 181 Å². The lowest BCUT2D eigenvalue weighted by atomic mass is 9.99. The number of halogens is 6. The summed E-state index contributed by atoms with van der Waals surface area (Å²) >= 11 is 9.82. The van der Waals surface area contributed by atoms with Crippen LogP contribution in [0.4, 0.5) is 24.5 Å². The Morgan fingerprint density at radius 3 is 1.63 bits per heavy atom. The molecule has 5 aliphatic rings. The Hall–Kier alpha value is -6.14. The molecule has 18 heteroatoms. The Kier molecular flexibility index (Phi) is 19.8. The molecule has 0 radical (unpaired) electrons. The number of anilines is 2. The number of carboxylic acids is 2. The van der Waals surface area contributed by atoms with Crippen LogP contribution < -0.4 is 25.2 Å². The minimum absolute atomic E-state index is 0. The van der Waals surface area contributed by atoms with Gasteiger partial charge < -0.3 is 45.4 Å². The largest absolute Gasteiger partial charge is 0.489 e. The van der Waals surface area contributed by atoms with Gasteiger partial charge >= 0.3 is 11.9 Å². The van der Waals surface area contributed by atoms with E-state index in [0.29, 0.717) is 48.9 Å². The number of hydrogen-bond donors (Lipinski definition) is 5. The summed E-state index contributed by atoms with van der Waals surface area (Å²) in [6, 6.07) is 36.7. The van der Waals surface area contributed by atoms with E-state index in [1.807, 2.05) is 66.7 Å². The fraction of sp³-hybridized carbons (Fsp3) is 0.350. The van der Waals surface area contributed by atoms with Crippen LogP contribution in [0.3, 0.4) is 0 Å². The number of aliphatic hydroxyl groups is 1. The van der Waals surface area contributed by atoms with Crippen molar-refractivity contribution in [3.05, 3.63) is 160 Å². The Balaban J connectivity index is 0.000000165. The summed E-state index contributed by atoms with van der Waals surface area (Å²) in [4.78, 5) is 41.0. The summed E-state index contributed by atoms with van der Waals surface area (Å²) in [7, 11) is 0. The molecule has 1 saturated carbocycles. The topological polar surface area (TPSA) is 155 Å². The van der Waals surface area contributed by atoms with Crippen molar-refractivity contribution in [2.24, 2.45) is 17.8 Å². The smallest absolute Gasteiger partial charge is 0.308 e. The van der Waals surface area contributed by atoms with Crippen molar-refractivity contribution < 1.29 is 47.6 Å². The van der Waals surface area contributed by atoms with Gasteiger partial charge in [0.15, 0.2) is 0 Å². The number of aliphatic hydroxyl groups excluding tert-OH is 1. The third-order valence-electron chi connectivity index (χ3n) is 14.8. The number of amides is 1. The Labute approximate surface area is 471 Å². The number of nitrogens with one attached hydrogen (secondary N) is 2. The highest BCUT2D eigenvalue weighted by Crippen LogP contribution is 2.35. The molecule has 12 nitrogen and oxygen atoms in total. The Morgan fingerprint density at radius 1 is 0.641 bits per heavy atom. The van der Waals surface area contributed by atoms with Gasteiger partial charge in [-0.15, -0.1) is 12.4 Å². The van der Waals surface area contributed by atoms with Crippen LogP contribution in [-0.4, -0.2) is 109 Å². The van der Waals surface area contributed by atoms with E-state index in [-0.39, 0.29) is 59.6 Å². The number of carbonyl (C=O) groups excluding carboxylic acids is 1. The number of carboxylic acid groups (broad SMARTS) is 2. The molecule has 412 valence electrons. The first-order chi connectivity index (χ1) is 37.1. The molecule has 0 aromatic heterocycles. The lowest BCUT2D eigenvalue weighted by Gasteiger charge is -2.36. The van der Waals surface area contributed by atoms with Crippen molar-refractivity contribution in [3.8, 4) is 5.75 Å². The molecule has 5 atom stereocenters. The van der Waals surface area contributed by atoms with E-state index in [9.17, 15) is 32.7 Å². The predicted molar refractivity (Wildman–Crippen MR) is 307 cm³/mol. The second-order valence-corrected chi connectivity index (χ2v) is 21.8. The van der Waals surface area contributed by atoms with Gasteiger partial charge in [0.1, 0.15) is 29.3 Å². The summed E-state index contributed by atoms with van der Waals surface area (Å²) in [6.45, 7) is 6.70. The average Bonchev–Trinajstić information content (AvgIpc) is 3.81. The van der Waals surface area contributed by atoms with E-state index < -0.39 is 24.1 Å². The quantitative estimate of drug-likeness (QED) is 0.0794. The van der Waals surface area contributed by atoms with E-state index in [4.69, 9.17) is 26.6 Å². The third kappa shape index (κ3) is 15.4. The number of nitrogens with zero attached hydrogens (tertiary/aromatic N) is 3. The molecule has 7 aromatic rings. The fourth-order valence-electron chi connectivity index (χ4n) is 10.0. The predicted octanol–water partition coefficient (Wildman–Crippen LogP) is 11.7. The van der Waals surface area contributed by atoms with Crippen LogP contribution >= 0.6 is 39.9 Å². The monoisotopic (exact) mass is 1170 g/mol. The lowest BCUT2D eigenvalue weighted by Crippen LogP contribution is -2.52. The maximum Gasteiger partial charge on any atom is 0.308 e. The number of rotatable bonds is 12. The van der Waals surface area contributed by atoms with Gasteiger partial charge in [0, 0.05) is 55.1 Å². The van der Waals surface area contributed by atoms with E-state index in [1.54, 1.807) is 24.3 Å². The van der Waals surface area contributed by atoms with Gasteiger partial charge in [-0.2, -0.15) is 0 Å². The molecule has 0 spiro atoms. The molecule has 7 aromatic carbocycles. The van der Waals surface area contributed by atoms with Gasteiger partial charge in [-0.3, -0.25) is 14.4 Å². The zero-order valence-electron chi connectivity index (χ0n) is 42.8. The number of ether oxygens (including phenoxy) is 1. The van der Waals surface area contributed by atoms with Gasteiger partial charge in [-0.25, -0.2) is 13.2 Å². The van der Waals surface area contributed by atoms with Crippen molar-refractivity contribution in [1.82, 2.24) is 15.5 Å². The van der Waals surface area contributed by atoms with Crippen molar-refractivity contribution in [2.75, 3.05) is 68.7 Å². The highest BCUT2D eigenvalue weighted by atomic mass is 79.9. The van der Waals surface area contributed by atoms with E-state index >= 15 is 0 Å². The van der Waals surface area contributed by atoms with Crippen LogP contribution in [0.2, 0.25) is 5.02 Å². The number of aliphatic carboxylic acids is 2. The van der Waals surface area contributed by atoms with Gasteiger partial charge in [0.2, 0.25) is 5.91 Å². The van der Waals surface area contributed by atoms with Crippen molar-refractivity contribution in [2.45, 2.75) is 56.8 Å². The number of hydrogen-bond acceptors (Lipinski definition) is 9. The van der Waals surface area contributed by atoms with Crippen molar-refractivity contribution >= 4 is 101 Å². The molecule has 5 N–H and O–H groups in total. The Bertz CT molecular complexity index is 3200. The molecular weight excluding hydrogens is 1110 g/mol. The number of benzene rings is 7. The first-order valence-electron chi connectivity index (χ1n) is 26.2. The first kappa shape index (κ1) is 58.0. The zero-order chi connectivity index (χ0) is 54.2. The minimum atomic E-state index is -0.884. The Morgan fingerprint density at radius 2 is 1.15 bits per heavy atom. The highest BCUT2D eigenvalue weighted by molar-refractivity contribution is 9.10. The van der Waals surface area contributed by atoms with E-state index in [2.05, 4.69) is 41.3 Å². The standard InChI is InChI=1S/C30H33ClFN3O3.C15H14FNO2.C10H6BrF.C5H9NO2.ClH/c31-26-16-21(4-9-28(26)38-25-7-8-25)29(36)27(18-34-11-1-12-34)33-30(37)22-10-13-35(17-22)24-6-3-19-14-23(32)5-2-20(19)15-24;16-13-3-1-11-8-14(4-2-10(11)7-13)17-6-5-12(9-17)15(18)19;11-9-3-1-8-6-10(12)4-2-7(8)5-9;7-5(8)4-1-2-6-3-4;/h2-6,9,14-16,22,25,27,29,36H,1,7-8,10-13,17-18H2,(H,33,37);1-4,7-8,12H,5-6,9H2,(H,18,19);1-6H;4,6H,1-3H2,(H,7,8);1H/t22-,27-,29-;12-;;4-;/m11.1./s1. The molecule has 5 fully saturated rings. The second kappa shape index (κ2) is 26.7. The summed E-state index contributed by atoms with van der Waals surface area (Å²) < 4.78 is 46.2. The maximum absolute atomic E-state index is 13.6. The molecule has 4 aliphatic heterocycles. The average molecular weight is 1170 g/mol. The molecule has 78 heavy (non-hydrogen) atoms. The van der Waals surface area contributed by atoms with E-state index in [1.165, 1.54) is 36.4 Å². The summed E-state index contributed by atoms with van der Waals surface area (Å²) in [5, 5.41) is 41.0. The maximum atomic E-state index is 13.6. The van der Waals surface area contributed by atoms with Gasteiger partial charge in [-0.1, -0.05) is 70.0 Å². The van der Waals surface area contributed by atoms with Crippen LogP contribution in [-0.2, 0) is 14.4 Å². The van der Waals surface area contributed by atoms with Crippen molar-refractivity contribution in [3.63, 3.8) is 0 Å². The zero-order valence-corrected chi connectivity index (χ0v) is 46.0. The van der Waals surface area contributed by atoms with Gasteiger partial charge in [0.25, 0.3) is 0 Å².